The highest BCUT2D eigenvalue weighted by Gasteiger charge is 2.19. The van der Waals surface area contributed by atoms with Gasteiger partial charge in [0.15, 0.2) is 6.10 Å². The molecule has 0 aliphatic rings. The molecule has 0 fully saturated rings. The van der Waals surface area contributed by atoms with Crippen molar-refractivity contribution in [2.24, 2.45) is 5.92 Å². The van der Waals surface area contributed by atoms with Crippen LogP contribution in [-0.4, -0.2) is 25.2 Å². The van der Waals surface area contributed by atoms with Crippen molar-refractivity contribution in [3.8, 4) is 5.75 Å². The highest BCUT2D eigenvalue weighted by atomic mass is 79.9. The van der Waals surface area contributed by atoms with E-state index in [9.17, 15) is 4.79 Å². The SMILES string of the molecule is CCOC(=O)C(C)Oc1c(Br)cccc1CNCC(C)C. The van der Waals surface area contributed by atoms with Crippen molar-refractivity contribution in [2.45, 2.75) is 40.3 Å². The van der Waals surface area contributed by atoms with Gasteiger partial charge in [0, 0.05) is 12.1 Å². The van der Waals surface area contributed by atoms with Crippen LogP contribution in [0.15, 0.2) is 22.7 Å². The summed E-state index contributed by atoms with van der Waals surface area (Å²) < 4.78 is 11.6. The normalized spacial score (nSPS) is 12.3. The number of benzene rings is 1. The number of carbonyl (C=O) groups excluding carboxylic acids is 1. The maximum absolute atomic E-state index is 11.7. The maximum Gasteiger partial charge on any atom is 0.347 e. The molecule has 0 amide bonds. The first-order chi connectivity index (χ1) is 9.95. The van der Waals surface area contributed by atoms with E-state index in [0.717, 1.165) is 16.6 Å². The Bertz CT molecular complexity index is 463. The van der Waals surface area contributed by atoms with Gasteiger partial charge < -0.3 is 14.8 Å². The molecule has 0 spiro atoms. The van der Waals surface area contributed by atoms with E-state index < -0.39 is 6.10 Å². The van der Waals surface area contributed by atoms with Crippen molar-refractivity contribution in [3.05, 3.63) is 28.2 Å². The monoisotopic (exact) mass is 357 g/mol. The molecule has 5 heteroatoms. The van der Waals surface area contributed by atoms with Crippen LogP contribution in [-0.2, 0) is 16.1 Å². The lowest BCUT2D eigenvalue weighted by Gasteiger charge is -2.18. The maximum atomic E-state index is 11.7. The highest BCUT2D eigenvalue weighted by Crippen LogP contribution is 2.30. The minimum absolute atomic E-state index is 0.352. The summed E-state index contributed by atoms with van der Waals surface area (Å²) in [4.78, 5) is 11.7. The molecule has 21 heavy (non-hydrogen) atoms. The van der Waals surface area contributed by atoms with Crippen LogP contribution in [0, 0.1) is 5.92 Å². The second-order valence-electron chi connectivity index (χ2n) is 5.26. The molecule has 1 aromatic carbocycles. The lowest BCUT2D eigenvalue weighted by molar-refractivity contribution is -0.150. The van der Waals surface area contributed by atoms with Crippen LogP contribution < -0.4 is 10.1 Å². The van der Waals surface area contributed by atoms with Crippen molar-refractivity contribution in [1.29, 1.82) is 0 Å². The van der Waals surface area contributed by atoms with Crippen LogP contribution in [0.25, 0.3) is 0 Å². The van der Waals surface area contributed by atoms with E-state index >= 15 is 0 Å². The molecule has 0 radical (unpaired) electrons. The lowest BCUT2D eigenvalue weighted by Crippen LogP contribution is -2.27. The first-order valence-corrected chi connectivity index (χ1v) is 8.06. The van der Waals surface area contributed by atoms with Crippen molar-refractivity contribution in [1.82, 2.24) is 5.32 Å². The zero-order valence-corrected chi connectivity index (χ0v) is 14.7. The quantitative estimate of drug-likeness (QED) is 0.723. The third-order valence-corrected chi connectivity index (χ3v) is 3.45. The summed E-state index contributed by atoms with van der Waals surface area (Å²) in [5.74, 6) is 0.920. The molecule has 118 valence electrons. The zero-order chi connectivity index (χ0) is 15.8. The Balaban J connectivity index is 2.77. The molecule has 1 N–H and O–H groups in total. The Morgan fingerprint density at radius 3 is 2.67 bits per heavy atom. The van der Waals surface area contributed by atoms with Gasteiger partial charge in [-0.3, -0.25) is 0 Å². The van der Waals surface area contributed by atoms with Crippen molar-refractivity contribution < 1.29 is 14.3 Å². The lowest BCUT2D eigenvalue weighted by atomic mass is 10.1. The fourth-order valence-electron chi connectivity index (χ4n) is 1.80. The number of carbonyl (C=O) groups is 1. The predicted molar refractivity (Wildman–Crippen MR) is 87.4 cm³/mol. The smallest absolute Gasteiger partial charge is 0.347 e. The number of ether oxygens (including phenoxy) is 2. The first kappa shape index (κ1) is 18.0. The van der Waals surface area contributed by atoms with Crippen molar-refractivity contribution >= 4 is 21.9 Å². The Labute approximate surface area is 135 Å². The first-order valence-electron chi connectivity index (χ1n) is 7.27. The molecule has 4 nitrogen and oxygen atoms in total. The molecule has 0 aromatic heterocycles. The van der Waals surface area contributed by atoms with Gasteiger partial charge in [-0.05, 0) is 48.3 Å². The van der Waals surface area contributed by atoms with Crippen molar-refractivity contribution in [3.63, 3.8) is 0 Å². The summed E-state index contributed by atoms with van der Waals surface area (Å²) in [6.45, 7) is 9.78. The Hall–Kier alpha value is -1.07. The minimum atomic E-state index is -0.632. The number of rotatable bonds is 8. The van der Waals surface area contributed by atoms with E-state index in [1.54, 1.807) is 13.8 Å². The van der Waals surface area contributed by atoms with Gasteiger partial charge in [-0.15, -0.1) is 0 Å². The molecule has 0 heterocycles. The molecule has 0 bridgehead atoms. The van der Waals surface area contributed by atoms with Crippen molar-refractivity contribution in [2.75, 3.05) is 13.2 Å². The van der Waals surface area contributed by atoms with Gasteiger partial charge in [-0.1, -0.05) is 26.0 Å². The van der Waals surface area contributed by atoms with E-state index in [0.29, 0.717) is 24.8 Å². The molecule has 1 rings (SSSR count). The van der Waals surface area contributed by atoms with Crippen LogP contribution in [0.3, 0.4) is 0 Å². The van der Waals surface area contributed by atoms with Gasteiger partial charge in [-0.2, -0.15) is 0 Å². The molecule has 0 aliphatic carbocycles. The second kappa shape index (κ2) is 9.05. The molecular formula is C16H24BrNO3. The van der Waals surface area contributed by atoms with E-state index in [2.05, 4.69) is 35.1 Å². The fraction of sp³-hybridized carbons (Fsp3) is 0.562. The third kappa shape index (κ3) is 6.06. The number of nitrogens with one attached hydrogen (secondary N) is 1. The standard InChI is InChI=1S/C16H24BrNO3/c1-5-20-16(19)12(4)21-15-13(7-6-8-14(15)17)10-18-9-11(2)3/h6-8,11-12,18H,5,9-10H2,1-4H3. The van der Waals surface area contributed by atoms with Crippen LogP contribution in [0.2, 0.25) is 0 Å². The Kier molecular flexibility index (Phi) is 7.75. The van der Waals surface area contributed by atoms with Gasteiger partial charge in [0.2, 0.25) is 0 Å². The average Bonchev–Trinajstić information content (AvgIpc) is 2.42. The second-order valence-corrected chi connectivity index (χ2v) is 6.12. The van der Waals surface area contributed by atoms with Crippen LogP contribution in [0.5, 0.6) is 5.75 Å². The van der Waals surface area contributed by atoms with Crippen LogP contribution >= 0.6 is 15.9 Å². The molecule has 1 atom stereocenters. The summed E-state index contributed by atoms with van der Waals surface area (Å²) >= 11 is 3.48. The third-order valence-electron chi connectivity index (χ3n) is 2.83. The van der Waals surface area contributed by atoms with Gasteiger partial charge in [0.25, 0.3) is 0 Å². The Morgan fingerprint density at radius 1 is 1.33 bits per heavy atom. The summed E-state index contributed by atoms with van der Waals surface area (Å²) in [6.07, 6.45) is -0.632. The summed E-state index contributed by atoms with van der Waals surface area (Å²) in [5.41, 5.74) is 1.01. The molecule has 1 aromatic rings. The summed E-state index contributed by atoms with van der Waals surface area (Å²) in [6, 6.07) is 5.85. The van der Waals surface area contributed by atoms with Crippen LogP contribution in [0.4, 0.5) is 0 Å². The van der Waals surface area contributed by atoms with Gasteiger partial charge >= 0.3 is 5.97 Å². The number of hydrogen-bond acceptors (Lipinski definition) is 4. The zero-order valence-electron chi connectivity index (χ0n) is 13.1. The fourth-order valence-corrected chi connectivity index (χ4v) is 2.31. The molecule has 1 unspecified atom stereocenters. The topological polar surface area (TPSA) is 47.6 Å². The minimum Gasteiger partial charge on any atom is -0.478 e. The van der Waals surface area contributed by atoms with Gasteiger partial charge in [0.1, 0.15) is 5.75 Å². The number of para-hydroxylation sites is 1. The largest absolute Gasteiger partial charge is 0.478 e. The highest BCUT2D eigenvalue weighted by molar-refractivity contribution is 9.10. The van der Waals surface area contributed by atoms with E-state index in [-0.39, 0.29) is 5.97 Å². The molecule has 0 saturated carbocycles. The predicted octanol–water partition coefficient (Wildman–Crippen LogP) is 3.53. The van der Waals surface area contributed by atoms with E-state index in [1.807, 2.05) is 18.2 Å². The van der Waals surface area contributed by atoms with E-state index in [1.165, 1.54) is 0 Å². The number of esters is 1. The van der Waals surface area contributed by atoms with Gasteiger partial charge in [-0.25, -0.2) is 4.79 Å². The molecular weight excluding hydrogens is 334 g/mol. The summed E-state index contributed by atoms with van der Waals surface area (Å²) in [7, 11) is 0. The summed E-state index contributed by atoms with van der Waals surface area (Å²) in [5, 5.41) is 3.38. The molecule has 0 aliphatic heterocycles. The molecule has 0 saturated heterocycles. The number of halogens is 1. The van der Waals surface area contributed by atoms with Gasteiger partial charge in [0.05, 0.1) is 11.1 Å². The number of hydrogen-bond donors (Lipinski definition) is 1. The van der Waals surface area contributed by atoms with E-state index in [4.69, 9.17) is 9.47 Å². The Morgan fingerprint density at radius 2 is 2.05 bits per heavy atom. The average molecular weight is 358 g/mol. The van der Waals surface area contributed by atoms with Crippen LogP contribution in [0.1, 0.15) is 33.3 Å².